The lowest BCUT2D eigenvalue weighted by molar-refractivity contribution is 0.198. The van der Waals surface area contributed by atoms with Crippen molar-refractivity contribution in [1.82, 2.24) is 0 Å². The van der Waals surface area contributed by atoms with Gasteiger partial charge in [0.05, 0.1) is 6.10 Å². The van der Waals surface area contributed by atoms with Crippen LogP contribution in [0, 0.1) is 0 Å². The first-order valence-electron chi connectivity index (χ1n) is 5.80. The zero-order valence-electron chi connectivity index (χ0n) is 10.1. The van der Waals surface area contributed by atoms with Crippen molar-refractivity contribution in [2.24, 2.45) is 0 Å². The van der Waals surface area contributed by atoms with Crippen LogP contribution < -0.4 is 4.74 Å². The van der Waals surface area contributed by atoms with Crippen LogP contribution >= 0.6 is 11.6 Å². The molecule has 0 radical (unpaired) electrons. The fourth-order valence-electron chi connectivity index (χ4n) is 1.66. The number of halogens is 1. The van der Waals surface area contributed by atoms with Gasteiger partial charge < -0.3 is 9.84 Å². The Morgan fingerprint density at radius 2 is 1.94 bits per heavy atom. The first-order valence-corrected chi connectivity index (χ1v) is 6.18. The summed E-state index contributed by atoms with van der Waals surface area (Å²) < 4.78 is 5.67. The Kier molecular flexibility index (Phi) is 4.24. The molecule has 3 heteroatoms. The molecular weight excluding hydrogens is 248 g/mol. The highest BCUT2D eigenvalue weighted by Crippen LogP contribution is 2.20. The smallest absolute Gasteiger partial charge is 0.120 e. The van der Waals surface area contributed by atoms with Crippen molar-refractivity contribution in [2.75, 3.05) is 0 Å². The van der Waals surface area contributed by atoms with Crippen LogP contribution in [0.2, 0.25) is 5.02 Å². The Morgan fingerprint density at radius 3 is 2.67 bits per heavy atom. The normalized spacial score (nSPS) is 12.2. The van der Waals surface area contributed by atoms with E-state index in [2.05, 4.69) is 0 Å². The quantitative estimate of drug-likeness (QED) is 0.903. The van der Waals surface area contributed by atoms with Crippen molar-refractivity contribution in [3.8, 4) is 5.75 Å². The molecule has 0 aliphatic rings. The maximum atomic E-state index is 9.50. The Labute approximate surface area is 112 Å². The number of aliphatic hydroxyl groups excluding tert-OH is 1. The molecule has 2 nitrogen and oxygen atoms in total. The first kappa shape index (κ1) is 12.9. The van der Waals surface area contributed by atoms with Gasteiger partial charge in [0, 0.05) is 5.02 Å². The summed E-state index contributed by atoms with van der Waals surface area (Å²) in [5.74, 6) is 0.744. The average Bonchev–Trinajstić information content (AvgIpc) is 2.37. The molecule has 0 saturated carbocycles. The van der Waals surface area contributed by atoms with E-state index in [4.69, 9.17) is 16.3 Å². The molecule has 0 bridgehead atoms. The minimum absolute atomic E-state index is 0.462. The first-order chi connectivity index (χ1) is 8.65. The molecule has 0 aliphatic heterocycles. The number of aliphatic hydroxyl groups is 1. The molecule has 0 unspecified atom stereocenters. The lowest BCUT2D eigenvalue weighted by atomic mass is 10.1. The Hall–Kier alpha value is -1.51. The van der Waals surface area contributed by atoms with E-state index in [0.717, 1.165) is 16.9 Å². The summed E-state index contributed by atoms with van der Waals surface area (Å²) in [6, 6.07) is 15.0. The van der Waals surface area contributed by atoms with Crippen LogP contribution in [0.1, 0.15) is 24.2 Å². The van der Waals surface area contributed by atoms with Crippen molar-refractivity contribution in [3.63, 3.8) is 0 Å². The molecule has 0 amide bonds. The zero-order valence-corrected chi connectivity index (χ0v) is 10.9. The van der Waals surface area contributed by atoms with Gasteiger partial charge in [-0.25, -0.2) is 0 Å². The summed E-state index contributed by atoms with van der Waals surface area (Å²) in [5, 5.41) is 10.2. The summed E-state index contributed by atoms with van der Waals surface area (Å²) in [6.07, 6.45) is -0.486. The van der Waals surface area contributed by atoms with E-state index in [1.807, 2.05) is 48.5 Å². The van der Waals surface area contributed by atoms with E-state index in [-0.39, 0.29) is 0 Å². The molecule has 0 aromatic heterocycles. The van der Waals surface area contributed by atoms with Gasteiger partial charge in [0.1, 0.15) is 12.4 Å². The highest BCUT2D eigenvalue weighted by molar-refractivity contribution is 6.30. The third-order valence-corrected chi connectivity index (χ3v) is 2.87. The molecule has 0 fully saturated rings. The Balaban J connectivity index is 2.04. The van der Waals surface area contributed by atoms with Gasteiger partial charge in [-0.15, -0.1) is 0 Å². The summed E-state index contributed by atoms with van der Waals surface area (Å²) >= 11 is 5.90. The maximum absolute atomic E-state index is 9.50. The van der Waals surface area contributed by atoms with E-state index in [1.54, 1.807) is 6.92 Å². The molecule has 1 atom stereocenters. The van der Waals surface area contributed by atoms with E-state index in [0.29, 0.717) is 11.6 Å². The molecule has 94 valence electrons. The topological polar surface area (TPSA) is 29.5 Å². The number of rotatable bonds is 4. The minimum Gasteiger partial charge on any atom is -0.489 e. The van der Waals surface area contributed by atoms with Crippen molar-refractivity contribution in [1.29, 1.82) is 0 Å². The summed E-state index contributed by atoms with van der Waals surface area (Å²) in [7, 11) is 0. The second kappa shape index (κ2) is 5.89. The number of benzene rings is 2. The largest absolute Gasteiger partial charge is 0.489 e. The molecule has 2 aromatic rings. The van der Waals surface area contributed by atoms with Crippen LogP contribution in [0.4, 0.5) is 0 Å². The van der Waals surface area contributed by atoms with Gasteiger partial charge in [-0.2, -0.15) is 0 Å². The molecule has 0 spiro atoms. The zero-order chi connectivity index (χ0) is 13.0. The lowest BCUT2D eigenvalue weighted by Gasteiger charge is -2.09. The summed E-state index contributed by atoms with van der Waals surface area (Å²) in [5.41, 5.74) is 1.86. The minimum atomic E-state index is -0.486. The van der Waals surface area contributed by atoms with E-state index < -0.39 is 6.10 Å². The molecule has 0 aliphatic carbocycles. The van der Waals surface area contributed by atoms with Gasteiger partial charge >= 0.3 is 0 Å². The molecule has 0 heterocycles. The van der Waals surface area contributed by atoms with Gasteiger partial charge in [-0.1, -0.05) is 35.9 Å². The van der Waals surface area contributed by atoms with Crippen LogP contribution in [0.5, 0.6) is 5.75 Å². The predicted molar refractivity (Wildman–Crippen MR) is 72.9 cm³/mol. The number of hydrogen-bond donors (Lipinski definition) is 1. The molecule has 2 aromatic carbocycles. The van der Waals surface area contributed by atoms with Crippen LogP contribution in [0.25, 0.3) is 0 Å². The molecular formula is C15H15ClO2. The lowest BCUT2D eigenvalue weighted by Crippen LogP contribution is -1.97. The monoisotopic (exact) mass is 262 g/mol. The van der Waals surface area contributed by atoms with Crippen LogP contribution in [0.15, 0.2) is 48.5 Å². The average molecular weight is 263 g/mol. The molecule has 1 N–H and O–H groups in total. The fourth-order valence-corrected chi connectivity index (χ4v) is 1.87. The highest BCUT2D eigenvalue weighted by atomic mass is 35.5. The van der Waals surface area contributed by atoms with E-state index >= 15 is 0 Å². The van der Waals surface area contributed by atoms with Crippen LogP contribution in [-0.2, 0) is 6.61 Å². The molecule has 2 rings (SSSR count). The van der Waals surface area contributed by atoms with Crippen LogP contribution in [-0.4, -0.2) is 5.11 Å². The van der Waals surface area contributed by atoms with E-state index in [1.165, 1.54) is 0 Å². The predicted octanol–water partition coefficient (Wildman–Crippen LogP) is 3.97. The van der Waals surface area contributed by atoms with Crippen molar-refractivity contribution >= 4 is 11.6 Å². The Morgan fingerprint density at radius 1 is 1.17 bits per heavy atom. The highest BCUT2D eigenvalue weighted by Gasteiger charge is 2.02. The van der Waals surface area contributed by atoms with Crippen molar-refractivity contribution in [3.05, 3.63) is 64.7 Å². The SMILES string of the molecule is C[C@H](O)c1cccc(OCc2cccc(Cl)c2)c1. The third kappa shape index (κ3) is 3.49. The number of hydrogen-bond acceptors (Lipinski definition) is 2. The fraction of sp³-hybridized carbons (Fsp3) is 0.200. The van der Waals surface area contributed by atoms with Gasteiger partial charge in [0.2, 0.25) is 0 Å². The van der Waals surface area contributed by atoms with Crippen molar-refractivity contribution in [2.45, 2.75) is 19.6 Å². The van der Waals surface area contributed by atoms with Gasteiger partial charge in [0.25, 0.3) is 0 Å². The van der Waals surface area contributed by atoms with Gasteiger partial charge in [0.15, 0.2) is 0 Å². The van der Waals surface area contributed by atoms with Crippen molar-refractivity contribution < 1.29 is 9.84 Å². The Bertz CT molecular complexity index is 523. The third-order valence-electron chi connectivity index (χ3n) is 2.64. The van der Waals surface area contributed by atoms with E-state index in [9.17, 15) is 5.11 Å². The second-order valence-corrected chi connectivity index (χ2v) is 4.60. The summed E-state index contributed by atoms with van der Waals surface area (Å²) in [6.45, 7) is 2.19. The maximum Gasteiger partial charge on any atom is 0.120 e. The number of ether oxygens (including phenoxy) is 1. The van der Waals surface area contributed by atoms with Gasteiger partial charge in [-0.05, 0) is 42.3 Å². The summed E-state index contributed by atoms with van der Waals surface area (Å²) in [4.78, 5) is 0. The second-order valence-electron chi connectivity index (χ2n) is 4.17. The standard InChI is InChI=1S/C15H15ClO2/c1-11(17)13-5-3-7-15(9-13)18-10-12-4-2-6-14(16)8-12/h2-9,11,17H,10H2,1H3/t11-/m0/s1. The van der Waals surface area contributed by atoms with Crippen LogP contribution in [0.3, 0.4) is 0 Å². The molecule has 0 saturated heterocycles. The molecule has 18 heavy (non-hydrogen) atoms. The van der Waals surface area contributed by atoms with Gasteiger partial charge in [-0.3, -0.25) is 0 Å².